The zero-order valence-electron chi connectivity index (χ0n) is 15.7. The van der Waals surface area contributed by atoms with Crippen LogP contribution in [-0.4, -0.2) is 50.3 Å². The molecule has 0 aliphatic carbocycles. The van der Waals surface area contributed by atoms with E-state index in [1.165, 1.54) is 7.11 Å². The van der Waals surface area contributed by atoms with E-state index < -0.39 is 17.7 Å². The minimum Gasteiger partial charge on any atom is -0.465 e. The van der Waals surface area contributed by atoms with E-state index in [1.54, 1.807) is 45.0 Å². The molecular formula is C18H27N3O5. The third-order valence-corrected chi connectivity index (χ3v) is 3.08. The molecule has 0 unspecified atom stereocenters. The van der Waals surface area contributed by atoms with Crippen molar-refractivity contribution in [2.75, 3.05) is 32.1 Å². The van der Waals surface area contributed by atoms with Gasteiger partial charge in [0.05, 0.1) is 19.2 Å². The molecular weight excluding hydrogens is 338 g/mol. The molecule has 0 fully saturated rings. The molecule has 1 aromatic carbocycles. The molecule has 0 saturated heterocycles. The fraction of sp³-hybridized carbons (Fsp3) is 0.500. The maximum absolute atomic E-state index is 11.8. The van der Waals surface area contributed by atoms with Gasteiger partial charge in [-0.15, -0.1) is 0 Å². The van der Waals surface area contributed by atoms with Crippen LogP contribution >= 0.6 is 0 Å². The summed E-state index contributed by atoms with van der Waals surface area (Å²) >= 11 is 0. The lowest BCUT2D eigenvalue weighted by Gasteiger charge is -2.19. The average molecular weight is 365 g/mol. The Morgan fingerprint density at radius 2 is 1.77 bits per heavy atom. The topological polar surface area (TPSA) is 106 Å². The number of amides is 2. The van der Waals surface area contributed by atoms with E-state index in [4.69, 9.17) is 4.74 Å². The van der Waals surface area contributed by atoms with Crippen LogP contribution in [0.5, 0.6) is 0 Å². The molecule has 0 aromatic heterocycles. The Balaban J connectivity index is 2.21. The first-order valence-electron chi connectivity index (χ1n) is 8.37. The number of carbonyl (C=O) groups is 3. The van der Waals surface area contributed by atoms with Crippen molar-refractivity contribution in [2.45, 2.75) is 32.8 Å². The zero-order chi connectivity index (χ0) is 19.6. The molecule has 2 amide bonds. The molecule has 3 N–H and O–H groups in total. The summed E-state index contributed by atoms with van der Waals surface area (Å²) in [5.41, 5.74) is 0.524. The summed E-state index contributed by atoms with van der Waals surface area (Å²) in [6.45, 7) is 6.29. The van der Waals surface area contributed by atoms with Crippen LogP contribution in [0.25, 0.3) is 0 Å². The van der Waals surface area contributed by atoms with Crippen molar-refractivity contribution in [2.24, 2.45) is 0 Å². The molecule has 144 valence electrons. The first-order chi connectivity index (χ1) is 12.2. The van der Waals surface area contributed by atoms with Crippen LogP contribution in [-0.2, 0) is 14.3 Å². The Morgan fingerprint density at radius 3 is 2.42 bits per heavy atom. The molecule has 1 aromatic rings. The second kappa shape index (κ2) is 10.3. The lowest BCUT2D eigenvalue weighted by atomic mass is 10.2. The lowest BCUT2D eigenvalue weighted by molar-refractivity contribution is -0.119. The fourth-order valence-electron chi connectivity index (χ4n) is 1.94. The Labute approximate surface area is 153 Å². The van der Waals surface area contributed by atoms with Crippen molar-refractivity contribution in [1.82, 2.24) is 10.6 Å². The molecule has 0 atom stereocenters. The summed E-state index contributed by atoms with van der Waals surface area (Å²) in [5, 5.41) is 8.30. The standard InChI is InChI=1S/C18H27N3O5/c1-18(2,3)26-17(24)20-10-6-9-19-15(22)12-21-14-8-5-7-13(11-14)16(23)25-4/h5,7-8,11,21H,6,9-10,12H2,1-4H3,(H,19,22)(H,20,24). The number of hydrogen-bond acceptors (Lipinski definition) is 6. The van der Waals surface area contributed by atoms with Gasteiger partial charge in [0.25, 0.3) is 0 Å². The predicted molar refractivity (Wildman–Crippen MR) is 98.1 cm³/mol. The van der Waals surface area contributed by atoms with Gasteiger partial charge in [-0.25, -0.2) is 9.59 Å². The maximum atomic E-state index is 11.8. The van der Waals surface area contributed by atoms with Crippen LogP contribution in [0.3, 0.4) is 0 Å². The van der Waals surface area contributed by atoms with Gasteiger partial charge in [-0.05, 0) is 45.4 Å². The van der Waals surface area contributed by atoms with Gasteiger partial charge in [-0.3, -0.25) is 4.79 Å². The van der Waals surface area contributed by atoms with E-state index >= 15 is 0 Å². The summed E-state index contributed by atoms with van der Waals surface area (Å²) < 4.78 is 9.76. The number of benzene rings is 1. The molecule has 0 spiro atoms. The molecule has 8 heteroatoms. The van der Waals surface area contributed by atoms with Crippen molar-refractivity contribution in [3.8, 4) is 0 Å². The Hall–Kier alpha value is -2.77. The third kappa shape index (κ3) is 8.91. The monoisotopic (exact) mass is 365 g/mol. The van der Waals surface area contributed by atoms with Crippen molar-refractivity contribution in [1.29, 1.82) is 0 Å². The van der Waals surface area contributed by atoms with Gasteiger partial charge in [-0.1, -0.05) is 6.07 Å². The van der Waals surface area contributed by atoms with E-state index in [0.717, 1.165) is 0 Å². The van der Waals surface area contributed by atoms with Crippen LogP contribution in [0.15, 0.2) is 24.3 Å². The highest BCUT2D eigenvalue weighted by molar-refractivity contribution is 5.90. The zero-order valence-corrected chi connectivity index (χ0v) is 15.7. The van der Waals surface area contributed by atoms with Crippen molar-refractivity contribution in [3.63, 3.8) is 0 Å². The van der Waals surface area contributed by atoms with Crippen molar-refractivity contribution in [3.05, 3.63) is 29.8 Å². The van der Waals surface area contributed by atoms with Gasteiger partial charge in [0, 0.05) is 18.8 Å². The number of rotatable bonds is 8. The van der Waals surface area contributed by atoms with E-state index in [0.29, 0.717) is 30.8 Å². The van der Waals surface area contributed by atoms with Crippen molar-refractivity contribution < 1.29 is 23.9 Å². The van der Waals surface area contributed by atoms with Gasteiger partial charge in [-0.2, -0.15) is 0 Å². The largest absolute Gasteiger partial charge is 0.465 e. The number of carbonyl (C=O) groups excluding carboxylic acids is 3. The van der Waals surface area contributed by atoms with Crippen LogP contribution in [0.4, 0.5) is 10.5 Å². The Bertz CT molecular complexity index is 625. The molecule has 0 bridgehead atoms. The van der Waals surface area contributed by atoms with Gasteiger partial charge >= 0.3 is 12.1 Å². The summed E-state index contributed by atoms with van der Waals surface area (Å²) in [7, 11) is 1.31. The number of methoxy groups -OCH3 is 1. The van der Waals surface area contributed by atoms with E-state index in [1.807, 2.05) is 0 Å². The number of hydrogen-bond donors (Lipinski definition) is 3. The molecule has 8 nitrogen and oxygen atoms in total. The first kappa shape index (κ1) is 21.3. The van der Waals surface area contributed by atoms with E-state index in [-0.39, 0.29) is 12.5 Å². The molecule has 0 heterocycles. The summed E-state index contributed by atoms with van der Waals surface area (Å²) in [4.78, 5) is 34.7. The highest BCUT2D eigenvalue weighted by Gasteiger charge is 2.15. The summed E-state index contributed by atoms with van der Waals surface area (Å²) in [6.07, 6.45) is 0.110. The van der Waals surface area contributed by atoms with E-state index in [2.05, 4.69) is 20.7 Å². The van der Waals surface area contributed by atoms with Gasteiger partial charge in [0.15, 0.2) is 0 Å². The average Bonchev–Trinajstić information content (AvgIpc) is 2.57. The lowest BCUT2D eigenvalue weighted by Crippen LogP contribution is -2.35. The minimum absolute atomic E-state index is 0.0735. The molecule has 0 aliphatic heterocycles. The Morgan fingerprint density at radius 1 is 1.08 bits per heavy atom. The molecule has 1 rings (SSSR count). The predicted octanol–water partition coefficient (Wildman–Crippen LogP) is 1.92. The SMILES string of the molecule is COC(=O)c1cccc(NCC(=O)NCCCNC(=O)OC(C)(C)C)c1. The van der Waals surface area contributed by atoms with Gasteiger partial charge < -0.3 is 25.4 Å². The van der Waals surface area contributed by atoms with E-state index in [9.17, 15) is 14.4 Å². The maximum Gasteiger partial charge on any atom is 0.407 e. The van der Waals surface area contributed by atoms with Crippen LogP contribution in [0.2, 0.25) is 0 Å². The highest BCUT2D eigenvalue weighted by atomic mass is 16.6. The quantitative estimate of drug-likeness (QED) is 0.480. The van der Waals surface area contributed by atoms with Gasteiger partial charge in [0.2, 0.25) is 5.91 Å². The number of esters is 1. The molecule has 26 heavy (non-hydrogen) atoms. The number of nitrogens with one attached hydrogen (secondary N) is 3. The minimum atomic E-state index is -0.533. The number of alkyl carbamates (subject to hydrolysis) is 1. The fourth-order valence-corrected chi connectivity index (χ4v) is 1.94. The van der Waals surface area contributed by atoms with Crippen LogP contribution < -0.4 is 16.0 Å². The smallest absolute Gasteiger partial charge is 0.407 e. The first-order valence-corrected chi connectivity index (χ1v) is 8.37. The van der Waals surface area contributed by atoms with Crippen LogP contribution in [0.1, 0.15) is 37.6 Å². The number of anilines is 1. The highest BCUT2D eigenvalue weighted by Crippen LogP contribution is 2.11. The summed E-state index contributed by atoms with van der Waals surface area (Å²) in [5.74, 6) is -0.624. The number of ether oxygens (including phenoxy) is 2. The molecule has 0 aliphatic rings. The third-order valence-electron chi connectivity index (χ3n) is 3.08. The van der Waals surface area contributed by atoms with Crippen molar-refractivity contribution >= 4 is 23.7 Å². The van der Waals surface area contributed by atoms with Crippen LogP contribution in [0, 0.1) is 0 Å². The molecule has 0 radical (unpaired) electrons. The second-order valence-corrected chi connectivity index (χ2v) is 6.56. The van der Waals surface area contributed by atoms with Gasteiger partial charge in [0.1, 0.15) is 5.60 Å². The summed E-state index contributed by atoms with van der Waals surface area (Å²) in [6, 6.07) is 6.71. The second-order valence-electron chi connectivity index (χ2n) is 6.56. The molecule has 0 saturated carbocycles. The Kier molecular flexibility index (Phi) is 8.41. The normalized spacial score (nSPS) is 10.6.